The summed E-state index contributed by atoms with van der Waals surface area (Å²) >= 11 is 3.44. The van der Waals surface area contributed by atoms with Crippen LogP contribution in [0.5, 0.6) is 0 Å². The normalized spacial score (nSPS) is 18.9. The van der Waals surface area contributed by atoms with Gasteiger partial charge in [0.15, 0.2) is 0 Å². The van der Waals surface area contributed by atoms with E-state index in [4.69, 9.17) is 26.5 Å². The number of nitrogens with two attached hydrogens (primary N) is 3. The van der Waals surface area contributed by atoms with E-state index >= 15 is 0 Å². The maximum Gasteiger partial charge on any atom is 0.314 e. The predicted octanol–water partition coefficient (Wildman–Crippen LogP) is 11.5. The van der Waals surface area contributed by atoms with Gasteiger partial charge in [0.25, 0.3) is 11.4 Å². The minimum Gasteiger partial charge on any atom is -0.397 e. The first-order valence-electron chi connectivity index (χ1n) is 34.7. The second-order valence-electron chi connectivity index (χ2n) is 26.9. The fourth-order valence-electron chi connectivity index (χ4n) is 14.7. The van der Waals surface area contributed by atoms with E-state index in [1.165, 1.54) is 67.3 Å². The summed E-state index contributed by atoms with van der Waals surface area (Å²) in [5.74, 6) is 0. The van der Waals surface area contributed by atoms with Gasteiger partial charge in [-0.25, -0.2) is 0 Å². The molecule has 0 aliphatic carbocycles. The molecule has 0 radical (unpaired) electrons. The summed E-state index contributed by atoms with van der Waals surface area (Å²) in [4.78, 5) is 95.1. The Morgan fingerprint density at radius 2 is 1.01 bits per heavy atom. The number of aromatic nitrogens is 4. The van der Waals surface area contributed by atoms with Gasteiger partial charge < -0.3 is 42.5 Å². The van der Waals surface area contributed by atoms with Gasteiger partial charge in [-0.1, -0.05) is 18.2 Å². The largest absolute Gasteiger partial charge is 0.397 e. The summed E-state index contributed by atoms with van der Waals surface area (Å²) in [6.45, 7) is 18.7. The van der Waals surface area contributed by atoms with E-state index in [1.54, 1.807) is 27.2 Å². The molecule has 0 saturated carbocycles. The molecule has 5 atom stereocenters. The summed E-state index contributed by atoms with van der Waals surface area (Å²) in [6, 6.07) is 25.5. The minimum atomic E-state index is -0.809. The number of hydrogen-bond acceptors (Lipinski definition) is 21. The molecule has 5 aliphatic rings. The smallest absolute Gasteiger partial charge is 0.314 e. The van der Waals surface area contributed by atoms with Crippen LogP contribution < -0.4 is 44.8 Å². The topological polar surface area (TPSA) is 384 Å². The van der Waals surface area contributed by atoms with Gasteiger partial charge in [0.05, 0.1) is 43.3 Å². The van der Waals surface area contributed by atoms with Crippen LogP contribution in [0.15, 0.2) is 112 Å². The van der Waals surface area contributed by atoms with E-state index in [-0.39, 0.29) is 35.0 Å². The first-order valence-corrected chi connectivity index (χ1v) is 35.5. The standard InChI is InChI=1S/C14H16N4O4.C14H17N3O2.C13H20B2N2O2.C12H19N3.C11H15N3O2.C8H9BBrNO/c1-7-10(18(21)22)6-8-12(16-14(20)13(19)15-8)11(7)9-4-3-5-17(9)2;1-8-5-6-9-12(16-14(19)13(18)15-9)11(8)10-4-3-7-17(10)2;1-10-6-4-7-11(16-14-19-3)13(10)12-8-5-9-17(12)15(2)18;1-8-5-6-9(13)12(14)11(8)10-4-3-7-15(10)2;1-7-4-5-9(14(15)16)11(12)10(7)8-3-2-6-13-8;1-6-4-3-5-7(8(6)10)11-9-12-2/h6,9H,3-5H2,1-2H3,(H,15,19)(H,16,20);5-6,10H,3-4,7H2,1-2H3,(H,15,18)(H,16,19);4,6-7,12,18H,5,8-9H2,1-3H3;5-6,10H,3-4,7,13-14H2,1-2H3;4-5,8,13H,2-3,6,12H2,1H3;3-5H,1-2H3. The summed E-state index contributed by atoms with van der Waals surface area (Å²) < 4.78 is 10.7. The number of H-pyrrole nitrogens is 4. The fourth-order valence-corrected chi connectivity index (χ4v) is 15.1. The van der Waals surface area contributed by atoms with Gasteiger partial charge in [0, 0.05) is 53.0 Å². The van der Waals surface area contributed by atoms with Gasteiger partial charge in [-0.15, -0.1) is 0 Å². The molecule has 13 rings (SSSR count). The Morgan fingerprint density at radius 1 is 0.544 bits per heavy atom. The number of benzene rings is 6. The zero-order valence-corrected chi connectivity index (χ0v) is 62.5. The van der Waals surface area contributed by atoms with Crippen LogP contribution in [0.25, 0.3) is 22.1 Å². The number of halogens is 1. The Kier molecular flexibility index (Phi) is 28.2. The number of nitrogens with zero attached hydrogens (tertiary/aromatic N) is 8. The van der Waals surface area contributed by atoms with Crippen molar-refractivity contribution >= 4 is 99.4 Å². The third-order valence-corrected chi connectivity index (χ3v) is 21.0. The SMILES string of the molecule is COB=Nc1cccc(C)c1Br.COB=Nc1cccc(C)c1C1CCCN1B(C)O.Cc1c([N+](=O)[O-])cc2[nH]c(=O)c(=O)[nH]c2c1C1CCCN1C.Cc1ccc(N)c(N)c1C1CCCN1C.Cc1ccc([N+](=O)[O-])c(N)c1C1CCCN1.Cc1ccc2[nH]c(=O)c(=O)[nH]c2c1C1CCCN1C. The molecule has 31 heteroatoms. The summed E-state index contributed by atoms with van der Waals surface area (Å²) in [5.41, 5.74) is 32.4. The molecule has 2 aromatic heterocycles. The third kappa shape index (κ3) is 19.1. The van der Waals surface area contributed by atoms with Gasteiger partial charge in [-0.05, 0) is 166 Å². The molecule has 0 bridgehead atoms. The van der Waals surface area contributed by atoms with Crippen LogP contribution in [-0.4, -0.2) is 144 Å². The molecule has 0 amide bonds. The molecular weight excluding hydrogens is 1380 g/mol. The van der Waals surface area contributed by atoms with E-state index in [1.807, 2.05) is 83.2 Å². The molecule has 27 nitrogen and oxygen atoms in total. The van der Waals surface area contributed by atoms with Crippen molar-refractivity contribution in [3.8, 4) is 0 Å². The average molecular weight is 1470 g/mol. The number of likely N-dealkylation sites (tertiary alicyclic amines) is 3. The Balaban J connectivity index is 0.000000158. The van der Waals surface area contributed by atoms with Gasteiger partial charge in [0.1, 0.15) is 5.69 Å². The molecule has 12 N–H and O–H groups in total. The molecule has 546 valence electrons. The van der Waals surface area contributed by atoms with Crippen molar-refractivity contribution in [3.63, 3.8) is 0 Å². The molecular formula is C72H96B3BrN16O11. The van der Waals surface area contributed by atoms with Gasteiger partial charge >= 0.3 is 218 Å². The van der Waals surface area contributed by atoms with Gasteiger partial charge in [0.2, 0.25) is 0 Å². The predicted molar refractivity (Wildman–Crippen MR) is 415 cm³/mol. The van der Waals surface area contributed by atoms with Gasteiger partial charge in [-0.3, -0.25) is 54.1 Å². The molecule has 7 heterocycles. The number of rotatable bonds is 12. The molecule has 8 aromatic rings. The molecule has 5 aliphatic heterocycles. The maximum absolute atomic E-state index is 11.7. The molecule has 0 spiro atoms. The molecule has 6 aromatic carbocycles. The van der Waals surface area contributed by atoms with Crippen LogP contribution in [0, 0.1) is 61.8 Å². The molecule has 5 fully saturated rings. The number of aromatic amines is 4. The van der Waals surface area contributed by atoms with E-state index in [9.17, 15) is 44.4 Å². The van der Waals surface area contributed by atoms with Crippen LogP contribution in [-0.2, 0) is 9.31 Å². The number of nitrogen functional groups attached to an aromatic ring is 3. The van der Waals surface area contributed by atoms with Crippen molar-refractivity contribution < 1.29 is 24.2 Å². The number of fused-ring (bicyclic) bond motifs is 2. The van der Waals surface area contributed by atoms with E-state index in [0.29, 0.717) is 40.1 Å². The van der Waals surface area contributed by atoms with Crippen LogP contribution in [0.3, 0.4) is 0 Å². The number of nitro benzene ring substituents is 2. The van der Waals surface area contributed by atoms with E-state index < -0.39 is 39.1 Å². The quantitative estimate of drug-likeness (QED) is 0.0180. The third-order valence-electron chi connectivity index (χ3n) is 20.0. The Hall–Kier alpha value is -8.97. The molecule has 5 unspecified atom stereocenters. The van der Waals surface area contributed by atoms with E-state index in [2.05, 4.69) is 111 Å². The van der Waals surface area contributed by atoms with Gasteiger partial charge in [-0.2, -0.15) is 0 Å². The second-order valence-corrected chi connectivity index (χ2v) is 27.7. The Morgan fingerprint density at radius 3 is 1.55 bits per heavy atom. The second kappa shape index (κ2) is 36.5. The van der Waals surface area contributed by atoms with Crippen molar-refractivity contribution in [1.29, 1.82) is 0 Å². The Bertz CT molecular complexity index is 4660. The fraction of sp³-hybridized carbons (Fsp3) is 0.444. The Labute approximate surface area is 609 Å². The number of aryl methyl sites for hydroxylation is 5. The summed E-state index contributed by atoms with van der Waals surface area (Å²) in [5, 5.41) is 35.3. The molecule has 103 heavy (non-hydrogen) atoms. The zero-order chi connectivity index (χ0) is 75.1. The first-order chi connectivity index (χ1) is 49.1. The van der Waals surface area contributed by atoms with Crippen molar-refractivity contribution in [2.24, 2.45) is 9.79 Å². The van der Waals surface area contributed by atoms with Crippen molar-refractivity contribution in [2.75, 3.05) is 85.3 Å². The van der Waals surface area contributed by atoms with E-state index in [0.717, 1.165) is 139 Å². The minimum absolute atomic E-state index is 0.00861. The van der Waals surface area contributed by atoms with Crippen LogP contribution >= 0.6 is 15.9 Å². The first kappa shape index (κ1) is 79.7. The van der Waals surface area contributed by atoms with Crippen LogP contribution in [0.4, 0.5) is 39.8 Å². The monoisotopic (exact) mass is 1470 g/mol. The van der Waals surface area contributed by atoms with Crippen molar-refractivity contribution in [1.82, 2.24) is 44.8 Å². The zero-order valence-electron chi connectivity index (χ0n) is 60.9. The number of hydrogen-bond donors (Lipinski definition) is 9. The molecule has 5 saturated heterocycles. The average Bonchev–Trinajstić information content (AvgIpc) is 1.72. The summed E-state index contributed by atoms with van der Waals surface area (Å²) in [6.07, 6.45) is 10.8. The van der Waals surface area contributed by atoms with Crippen LogP contribution in [0.1, 0.15) is 156 Å². The van der Waals surface area contributed by atoms with Crippen LogP contribution in [0.2, 0.25) is 6.82 Å². The summed E-state index contributed by atoms with van der Waals surface area (Å²) in [7, 11) is 11.8. The number of nitro groups is 2. The maximum atomic E-state index is 11.7. The number of anilines is 3. The number of nitrogens with one attached hydrogen (secondary N) is 5. The van der Waals surface area contributed by atoms with Crippen molar-refractivity contribution in [3.05, 3.63) is 206 Å². The van der Waals surface area contributed by atoms with Crippen molar-refractivity contribution in [2.45, 2.75) is 143 Å².